The van der Waals surface area contributed by atoms with Crippen molar-refractivity contribution < 1.29 is 14.0 Å². The zero-order valence-corrected chi connectivity index (χ0v) is 12.6. The molecular weight excluding hydrogens is 294 g/mol. The monoisotopic (exact) mass is 311 g/mol. The highest BCUT2D eigenvalue weighted by molar-refractivity contribution is 5.63. The van der Waals surface area contributed by atoms with E-state index in [9.17, 15) is 0 Å². The van der Waals surface area contributed by atoms with Gasteiger partial charge in [-0.2, -0.15) is 0 Å². The fourth-order valence-electron chi connectivity index (χ4n) is 2.67. The molecule has 0 amide bonds. The lowest BCUT2D eigenvalue weighted by Crippen LogP contribution is -2.32. The quantitative estimate of drug-likeness (QED) is 0.741. The summed E-state index contributed by atoms with van der Waals surface area (Å²) < 4.78 is 18.6. The van der Waals surface area contributed by atoms with Gasteiger partial charge < -0.3 is 18.6 Å². The van der Waals surface area contributed by atoms with E-state index in [1.54, 1.807) is 6.20 Å². The molecule has 1 aromatic carbocycles. The smallest absolute Gasteiger partial charge is 0.202 e. The third kappa shape index (κ3) is 3.04. The van der Waals surface area contributed by atoms with Crippen LogP contribution in [0, 0.1) is 0 Å². The lowest BCUT2D eigenvalue weighted by molar-refractivity contribution is -0.0934. The minimum atomic E-state index is 0.0354. The molecule has 1 fully saturated rings. The molecule has 3 heterocycles. The molecule has 1 aliphatic rings. The molecule has 1 aliphatic heterocycles. The van der Waals surface area contributed by atoms with Crippen LogP contribution in [0.5, 0.6) is 0 Å². The number of ether oxygens (including phenoxy) is 2. The molecule has 3 aromatic rings. The van der Waals surface area contributed by atoms with Crippen LogP contribution in [-0.4, -0.2) is 40.6 Å². The van der Waals surface area contributed by atoms with Crippen LogP contribution in [0.1, 0.15) is 0 Å². The zero-order chi connectivity index (χ0) is 15.5. The molecule has 0 spiro atoms. The highest BCUT2D eigenvalue weighted by atomic mass is 16.6. The van der Waals surface area contributed by atoms with E-state index in [1.807, 2.05) is 47.2 Å². The summed E-state index contributed by atoms with van der Waals surface area (Å²) in [5.74, 6) is 1.39. The maximum atomic E-state index is 5.70. The summed E-state index contributed by atoms with van der Waals surface area (Å²) in [6.45, 7) is 2.57. The Morgan fingerprint density at radius 3 is 2.91 bits per heavy atom. The van der Waals surface area contributed by atoms with E-state index in [2.05, 4.69) is 10.1 Å². The molecule has 0 saturated carbocycles. The average molecular weight is 311 g/mol. The summed E-state index contributed by atoms with van der Waals surface area (Å²) >= 11 is 0. The number of rotatable bonds is 4. The SMILES string of the molecule is c1ccc(-c2cc(-c3nccn3CC3COCCO3)on2)cc1. The number of hydrogen-bond donors (Lipinski definition) is 0. The standard InChI is InChI=1S/C17H17N3O3/c1-2-4-13(5-3-1)15-10-16(23-19-15)17-18-6-7-20(17)11-14-12-21-8-9-22-14/h1-7,10,14H,8-9,11-12H2. The first-order chi connectivity index (χ1) is 11.4. The molecule has 0 N–H and O–H groups in total. The van der Waals surface area contributed by atoms with Crippen LogP contribution in [0.25, 0.3) is 22.8 Å². The van der Waals surface area contributed by atoms with Gasteiger partial charge in [-0.1, -0.05) is 35.5 Å². The summed E-state index contributed by atoms with van der Waals surface area (Å²) in [4.78, 5) is 4.39. The highest BCUT2D eigenvalue weighted by Gasteiger charge is 2.19. The van der Waals surface area contributed by atoms with Crippen molar-refractivity contribution in [3.63, 3.8) is 0 Å². The van der Waals surface area contributed by atoms with Crippen molar-refractivity contribution in [2.45, 2.75) is 12.6 Å². The van der Waals surface area contributed by atoms with Gasteiger partial charge in [-0.25, -0.2) is 4.98 Å². The molecule has 0 radical (unpaired) electrons. The lowest BCUT2D eigenvalue weighted by Gasteiger charge is -2.23. The second-order valence-corrected chi connectivity index (χ2v) is 5.41. The molecule has 0 bridgehead atoms. The number of benzene rings is 1. The Labute approximate surface area is 133 Å². The maximum absolute atomic E-state index is 5.70. The van der Waals surface area contributed by atoms with Gasteiger partial charge >= 0.3 is 0 Å². The third-order valence-electron chi connectivity index (χ3n) is 3.80. The number of hydrogen-bond acceptors (Lipinski definition) is 5. The van der Waals surface area contributed by atoms with E-state index in [-0.39, 0.29) is 6.10 Å². The maximum Gasteiger partial charge on any atom is 0.202 e. The van der Waals surface area contributed by atoms with Crippen LogP contribution < -0.4 is 0 Å². The number of imidazole rings is 1. The van der Waals surface area contributed by atoms with E-state index in [1.165, 1.54) is 0 Å². The molecule has 1 saturated heterocycles. The molecule has 6 nitrogen and oxygen atoms in total. The normalized spacial score (nSPS) is 18.2. The molecular formula is C17H17N3O3. The van der Waals surface area contributed by atoms with Crippen LogP contribution >= 0.6 is 0 Å². The summed E-state index contributed by atoms with van der Waals surface area (Å²) in [6, 6.07) is 11.8. The van der Waals surface area contributed by atoms with Gasteiger partial charge in [-0.3, -0.25) is 0 Å². The van der Waals surface area contributed by atoms with Gasteiger partial charge in [-0.05, 0) is 0 Å². The van der Waals surface area contributed by atoms with Crippen molar-refractivity contribution in [3.05, 3.63) is 48.8 Å². The number of nitrogens with zero attached hydrogens (tertiary/aromatic N) is 3. The average Bonchev–Trinajstić information content (AvgIpc) is 3.25. The van der Waals surface area contributed by atoms with Crippen LogP contribution in [0.3, 0.4) is 0 Å². The van der Waals surface area contributed by atoms with Gasteiger partial charge in [0.15, 0.2) is 5.82 Å². The fraction of sp³-hybridized carbons (Fsp3) is 0.294. The van der Waals surface area contributed by atoms with Gasteiger partial charge in [0.1, 0.15) is 5.69 Å². The van der Waals surface area contributed by atoms with Crippen molar-refractivity contribution in [1.82, 2.24) is 14.7 Å². The summed E-state index contributed by atoms with van der Waals surface area (Å²) in [5, 5.41) is 4.15. The van der Waals surface area contributed by atoms with Gasteiger partial charge in [0.25, 0.3) is 0 Å². The molecule has 23 heavy (non-hydrogen) atoms. The molecule has 6 heteroatoms. The Hall–Kier alpha value is -2.44. The fourth-order valence-corrected chi connectivity index (χ4v) is 2.67. The minimum Gasteiger partial charge on any atom is -0.376 e. The molecule has 1 unspecified atom stereocenters. The molecule has 4 rings (SSSR count). The second-order valence-electron chi connectivity index (χ2n) is 5.41. The molecule has 2 aromatic heterocycles. The Kier molecular flexibility index (Phi) is 3.92. The van der Waals surface area contributed by atoms with E-state index in [0.29, 0.717) is 32.1 Å². The first-order valence-electron chi connectivity index (χ1n) is 7.63. The van der Waals surface area contributed by atoms with Gasteiger partial charge in [0.2, 0.25) is 5.76 Å². The molecule has 0 aliphatic carbocycles. The number of aromatic nitrogens is 3. The van der Waals surface area contributed by atoms with Crippen LogP contribution in [0.15, 0.2) is 53.3 Å². The predicted molar refractivity (Wildman–Crippen MR) is 83.7 cm³/mol. The first kappa shape index (κ1) is 14.2. The van der Waals surface area contributed by atoms with Crippen molar-refractivity contribution in [2.24, 2.45) is 0 Å². The predicted octanol–water partition coefficient (Wildman–Crippen LogP) is 2.62. The topological polar surface area (TPSA) is 62.3 Å². The van der Waals surface area contributed by atoms with Crippen LogP contribution in [-0.2, 0) is 16.0 Å². The summed E-state index contributed by atoms with van der Waals surface area (Å²) in [6.07, 6.45) is 3.70. The minimum absolute atomic E-state index is 0.0354. The van der Waals surface area contributed by atoms with Crippen LogP contribution in [0.4, 0.5) is 0 Å². The van der Waals surface area contributed by atoms with Crippen LogP contribution in [0.2, 0.25) is 0 Å². The highest BCUT2D eigenvalue weighted by Crippen LogP contribution is 2.25. The Bertz CT molecular complexity index is 760. The Morgan fingerprint density at radius 2 is 2.09 bits per heavy atom. The second kappa shape index (κ2) is 6.36. The molecule has 1 atom stereocenters. The van der Waals surface area contributed by atoms with Crippen molar-refractivity contribution >= 4 is 0 Å². The zero-order valence-electron chi connectivity index (χ0n) is 12.6. The molecule has 118 valence electrons. The van der Waals surface area contributed by atoms with Gasteiger partial charge in [0, 0.05) is 24.0 Å². The van der Waals surface area contributed by atoms with Gasteiger partial charge in [0.05, 0.1) is 32.5 Å². The third-order valence-corrected chi connectivity index (χ3v) is 3.80. The Balaban J connectivity index is 1.57. The summed E-state index contributed by atoms with van der Waals surface area (Å²) in [7, 11) is 0. The van der Waals surface area contributed by atoms with E-state index in [0.717, 1.165) is 17.1 Å². The van der Waals surface area contributed by atoms with E-state index < -0.39 is 0 Å². The lowest BCUT2D eigenvalue weighted by atomic mass is 10.1. The van der Waals surface area contributed by atoms with Crippen molar-refractivity contribution in [1.29, 1.82) is 0 Å². The summed E-state index contributed by atoms with van der Waals surface area (Å²) in [5.41, 5.74) is 1.82. The van der Waals surface area contributed by atoms with Gasteiger partial charge in [-0.15, -0.1) is 0 Å². The van der Waals surface area contributed by atoms with E-state index >= 15 is 0 Å². The largest absolute Gasteiger partial charge is 0.376 e. The van der Waals surface area contributed by atoms with E-state index in [4.69, 9.17) is 14.0 Å². The van der Waals surface area contributed by atoms with Crippen molar-refractivity contribution in [2.75, 3.05) is 19.8 Å². The Morgan fingerprint density at radius 1 is 1.17 bits per heavy atom. The van der Waals surface area contributed by atoms with Crippen molar-refractivity contribution in [3.8, 4) is 22.8 Å². The first-order valence-corrected chi connectivity index (χ1v) is 7.63.